The van der Waals surface area contributed by atoms with Crippen LogP contribution in [0, 0.1) is 6.92 Å². The number of hydrogen-bond donors (Lipinski definition) is 1. The van der Waals surface area contributed by atoms with Gasteiger partial charge in [-0.2, -0.15) is 4.31 Å². The molecule has 1 atom stereocenters. The molecule has 0 radical (unpaired) electrons. The molecule has 1 heterocycles. The topological polar surface area (TPSA) is 75.7 Å². The van der Waals surface area contributed by atoms with Crippen LogP contribution in [0.3, 0.4) is 0 Å². The van der Waals surface area contributed by atoms with Gasteiger partial charge in [0.05, 0.1) is 4.90 Å². The molecule has 1 aliphatic rings. The third-order valence-electron chi connectivity index (χ3n) is 6.51. The predicted molar refractivity (Wildman–Crippen MR) is 144 cm³/mol. The van der Waals surface area contributed by atoms with E-state index in [-0.39, 0.29) is 17.3 Å². The summed E-state index contributed by atoms with van der Waals surface area (Å²) in [5, 5.41) is 2.91. The number of amides is 1. The minimum atomic E-state index is -3.90. The number of benzene rings is 4. The first-order valence-corrected chi connectivity index (χ1v) is 13.6. The van der Waals surface area contributed by atoms with Gasteiger partial charge in [0.1, 0.15) is 18.4 Å². The zero-order valence-corrected chi connectivity index (χ0v) is 21.3. The molecule has 188 valence electrons. The Morgan fingerprint density at radius 2 is 1.51 bits per heavy atom. The highest BCUT2D eigenvalue weighted by Gasteiger charge is 2.39. The predicted octanol–water partition coefficient (Wildman–Crippen LogP) is 5.33. The zero-order chi connectivity index (χ0) is 25.8. The Kier molecular flexibility index (Phi) is 7.08. The second kappa shape index (κ2) is 10.6. The van der Waals surface area contributed by atoms with E-state index in [1.54, 1.807) is 48.5 Å². The molecule has 1 unspecified atom stereocenters. The molecule has 1 aliphatic heterocycles. The minimum absolute atomic E-state index is 0.136. The number of nitrogens with one attached hydrogen (secondary N) is 1. The SMILES string of the molecule is Cc1ccc(S(=O)(=O)N2Cc3ccccc3CC2C(=O)Nc2ccc(OCc3ccccc3)cc2)cc1. The first-order chi connectivity index (χ1) is 17.9. The lowest BCUT2D eigenvalue weighted by atomic mass is 9.95. The van der Waals surface area contributed by atoms with Gasteiger partial charge in [0.25, 0.3) is 0 Å². The third kappa shape index (κ3) is 5.58. The van der Waals surface area contributed by atoms with Gasteiger partial charge in [-0.3, -0.25) is 4.79 Å². The first kappa shape index (κ1) is 24.7. The lowest BCUT2D eigenvalue weighted by molar-refractivity contribution is -0.120. The summed E-state index contributed by atoms with van der Waals surface area (Å²) in [7, 11) is -3.90. The van der Waals surface area contributed by atoms with Gasteiger partial charge in [-0.1, -0.05) is 72.3 Å². The maximum Gasteiger partial charge on any atom is 0.244 e. The molecule has 0 saturated heterocycles. The number of aryl methyl sites for hydroxylation is 1. The highest BCUT2D eigenvalue weighted by molar-refractivity contribution is 7.89. The molecular weight excluding hydrogens is 484 g/mol. The van der Waals surface area contributed by atoms with Gasteiger partial charge in [0.2, 0.25) is 15.9 Å². The summed E-state index contributed by atoms with van der Waals surface area (Å²) >= 11 is 0. The fraction of sp³-hybridized carbons (Fsp3) is 0.167. The van der Waals surface area contributed by atoms with Crippen LogP contribution < -0.4 is 10.1 Å². The monoisotopic (exact) mass is 512 g/mol. The van der Waals surface area contributed by atoms with E-state index >= 15 is 0 Å². The highest BCUT2D eigenvalue weighted by atomic mass is 32.2. The molecule has 7 heteroatoms. The second-order valence-electron chi connectivity index (χ2n) is 9.14. The van der Waals surface area contributed by atoms with Gasteiger partial charge in [-0.05, 0) is 66.4 Å². The molecule has 37 heavy (non-hydrogen) atoms. The van der Waals surface area contributed by atoms with Crippen LogP contribution in [0.1, 0.15) is 22.3 Å². The largest absolute Gasteiger partial charge is 0.489 e. The number of anilines is 1. The van der Waals surface area contributed by atoms with Crippen molar-refractivity contribution in [2.75, 3.05) is 5.32 Å². The molecule has 4 aromatic rings. The molecule has 0 bridgehead atoms. The summed E-state index contributed by atoms with van der Waals surface area (Å²) in [6, 6.07) is 30.4. The molecule has 0 aliphatic carbocycles. The standard InChI is InChI=1S/C30H28N2O4S/c1-22-11-17-28(18-12-22)37(34,35)32-20-25-10-6-5-9-24(25)19-29(32)30(33)31-26-13-15-27(16-14-26)36-21-23-7-3-2-4-8-23/h2-18,29H,19-21H2,1H3,(H,31,33). The van der Waals surface area contributed by atoms with E-state index in [2.05, 4.69) is 5.32 Å². The average molecular weight is 513 g/mol. The Morgan fingerprint density at radius 1 is 0.865 bits per heavy atom. The number of sulfonamides is 1. The van der Waals surface area contributed by atoms with Gasteiger partial charge < -0.3 is 10.1 Å². The molecule has 0 fully saturated rings. The Bertz CT molecular complexity index is 1490. The summed E-state index contributed by atoms with van der Waals surface area (Å²) in [6.45, 7) is 2.48. The van der Waals surface area contributed by atoms with Crippen molar-refractivity contribution >= 4 is 21.6 Å². The van der Waals surface area contributed by atoms with E-state index in [9.17, 15) is 13.2 Å². The molecule has 0 aromatic heterocycles. The van der Waals surface area contributed by atoms with Crippen LogP contribution in [-0.4, -0.2) is 24.7 Å². The molecule has 0 saturated carbocycles. The molecule has 1 amide bonds. The third-order valence-corrected chi connectivity index (χ3v) is 8.37. The highest BCUT2D eigenvalue weighted by Crippen LogP contribution is 2.30. The Hall–Kier alpha value is -3.94. The van der Waals surface area contributed by atoms with Crippen molar-refractivity contribution in [1.29, 1.82) is 0 Å². The molecule has 4 aromatic carbocycles. The van der Waals surface area contributed by atoms with Crippen LogP contribution in [0.4, 0.5) is 5.69 Å². The normalized spacial score (nSPS) is 15.5. The molecule has 5 rings (SSSR count). The van der Waals surface area contributed by atoms with Gasteiger partial charge in [0.15, 0.2) is 0 Å². The smallest absolute Gasteiger partial charge is 0.244 e. The lowest BCUT2D eigenvalue weighted by Gasteiger charge is -2.35. The van der Waals surface area contributed by atoms with Crippen molar-refractivity contribution in [3.8, 4) is 5.75 Å². The maximum absolute atomic E-state index is 13.6. The number of hydrogen-bond acceptors (Lipinski definition) is 4. The van der Waals surface area contributed by atoms with E-state index in [4.69, 9.17) is 4.74 Å². The van der Waals surface area contributed by atoms with E-state index < -0.39 is 16.1 Å². The van der Waals surface area contributed by atoms with E-state index in [1.807, 2.05) is 61.5 Å². The van der Waals surface area contributed by atoms with Crippen LogP contribution in [0.2, 0.25) is 0 Å². The average Bonchev–Trinajstić information content (AvgIpc) is 2.92. The summed E-state index contributed by atoms with van der Waals surface area (Å²) in [5.74, 6) is 0.306. The molecule has 1 N–H and O–H groups in total. The van der Waals surface area contributed by atoms with Crippen LogP contribution in [0.25, 0.3) is 0 Å². The summed E-state index contributed by atoms with van der Waals surface area (Å²) < 4.78 is 34.4. The Labute approximate surface area is 217 Å². The van der Waals surface area contributed by atoms with E-state index in [1.165, 1.54) is 4.31 Å². The summed E-state index contributed by atoms with van der Waals surface area (Å²) in [4.78, 5) is 13.6. The minimum Gasteiger partial charge on any atom is -0.489 e. The number of fused-ring (bicyclic) bond motifs is 1. The Balaban J connectivity index is 1.35. The molecule has 6 nitrogen and oxygen atoms in total. The fourth-order valence-electron chi connectivity index (χ4n) is 4.42. The second-order valence-corrected chi connectivity index (χ2v) is 11.0. The van der Waals surface area contributed by atoms with Crippen molar-refractivity contribution in [2.45, 2.75) is 37.4 Å². The number of carbonyl (C=O) groups is 1. The fourth-order valence-corrected chi connectivity index (χ4v) is 5.99. The van der Waals surface area contributed by atoms with Gasteiger partial charge >= 0.3 is 0 Å². The van der Waals surface area contributed by atoms with Crippen LogP contribution in [-0.2, 0) is 34.4 Å². The summed E-state index contributed by atoms with van der Waals surface area (Å²) in [6.07, 6.45) is 0.297. The van der Waals surface area contributed by atoms with Crippen molar-refractivity contribution in [2.24, 2.45) is 0 Å². The van der Waals surface area contributed by atoms with Crippen molar-refractivity contribution in [3.05, 3.63) is 125 Å². The number of nitrogens with zero attached hydrogens (tertiary/aromatic N) is 1. The first-order valence-electron chi connectivity index (χ1n) is 12.1. The quantitative estimate of drug-likeness (QED) is 0.363. The summed E-state index contributed by atoms with van der Waals surface area (Å²) in [5.41, 5.74) is 4.48. The number of ether oxygens (including phenoxy) is 1. The maximum atomic E-state index is 13.6. The van der Waals surface area contributed by atoms with Crippen LogP contribution in [0.15, 0.2) is 108 Å². The number of carbonyl (C=O) groups excluding carboxylic acids is 1. The van der Waals surface area contributed by atoms with Gasteiger partial charge in [-0.25, -0.2) is 8.42 Å². The van der Waals surface area contributed by atoms with Crippen LogP contribution in [0.5, 0.6) is 5.75 Å². The molecule has 0 spiro atoms. The number of rotatable bonds is 7. The zero-order valence-electron chi connectivity index (χ0n) is 20.5. The molecular formula is C30H28N2O4S. The van der Waals surface area contributed by atoms with Crippen molar-refractivity contribution < 1.29 is 17.9 Å². The van der Waals surface area contributed by atoms with Crippen LogP contribution >= 0.6 is 0 Å². The Morgan fingerprint density at radius 3 is 2.22 bits per heavy atom. The van der Waals surface area contributed by atoms with Crippen molar-refractivity contribution in [1.82, 2.24) is 4.31 Å². The lowest BCUT2D eigenvalue weighted by Crippen LogP contribution is -2.50. The van der Waals surface area contributed by atoms with Gasteiger partial charge in [-0.15, -0.1) is 0 Å². The van der Waals surface area contributed by atoms with E-state index in [0.717, 1.165) is 22.3 Å². The van der Waals surface area contributed by atoms with Gasteiger partial charge in [0, 0.05) is 12.2 Å². The van der Waals surface area contributed by atoms with E-state index in [0.29, 0.717) is 24.5 Å². The van der Waals surface area contributed by atoms with Crippen molar-refractivity contribution in [3.63, 3.8) is 0 Å².